The van der Waals surface area contributed by atoms with E-state index in [4.69, 9.17) is 0 Å². The molecule has 0 saturated carbocycles. The monoisotopic (exact) mass is 171 g/mol. The highest BCUT2D eigenvalue weighted by molar-refractivity contribution is 5.72. The highest BCUT2D eigenvalue weighted by atomic mass is 16.1. The number of nitrogens with one attached hydrogen (secondary N) is 1. The summed E-state index contributed by atoms with van der Waals surface area (Å²) in [5.41, 5.74) is 0. The maximum absolute atomic E-state index is 10.6. The van der Waals surface area contributed by atoms with Gasteiger partial charge in [-0.1, -0.05) is 0 Å². The largest absolute Gasteiger partial charge is 0.356 e. The van der Waals surface area contributed by atoms with Gasteiger partial charge in [-0.2, -0.15) is 0 Å². The Kier molecular flexibility index (Phi) is 4.08. The molecule has 3 N–H and O–H groups in total. The number of piperidine rings is 1. The average molecular weight is 171 g/mol. The number of hydrogen-bond acceptors (Lipinski definition) is 1. The van der Waals surface area contributed by atoms with Gasteiger partial charge in [0.1, 0.15) is 0 Å². The van der Waals surface area contributed by atoms with Crippen LogP contribution in [0, 0.1) is 0 Å². The number of carbonyl (C=O) groups is 1. The van der Waals surface area contributed by atoms with E-state index < -0.39 is 0 Å². The van der Waals surface area contributed by atoms with Gasteiger partial charge in [0.15, 0.2) is 0 Å². The summed E-state index contributed by atoms with van der Waals surface area (Å²) >= 11 is 0. The molecule has 1 heterocycles. The predicted molar refractivity (Wildman–Crippen MR) is 47.7 cm³/mol. The van der Waals surface area contributed by atoms with Gasteiger partial charge in [0.25, 0.3) is 0 Å². The van der Waals surface area contributed by atoms with Crippen LogP contribution in [0.25, 0.3) is 0 Å². The standard InChI is InChI=1S/C9H18N2O/c1-8(12)10-7-5-9-4-2-3-6-11-9/h9,11H,2-7H2,1H3,(H,10,12)/p+1/t9-/m0/s1. The Morgan fingerprint density at radius 2 is 2.42 bits per heavy atom. The molecule has 1 aliphatic rings. The molecule has 12 heavy (non-hydrogen) atoms. The molecule has 0 unspecified atom stereocenters. The van der Waals surface area contributed by atoms with E-state index in [0.29, 0.717) is 0 Å². The lowest BCUT2D eigenvalue weighted by molar-refractivity contribution is -0.697. The van der Waals surface area contributed by atoms with E-state index in [-0.39, 0.29) is 5.91 Å². The topological polar surface area (TPSA) is 45.7 Å². The summed E-state index contributed by atoms with van der Waals surface area (Å²) < 4.78 is 0. The molecule has 0 aromatic heterocycles. The lowest BCUT2D eigenvalue weighted by atomic mass is 10.0. The number of carbonyl (C=O) groups excluding carboxylic acids is 1. The third kappa shape index (κ3) is 3.72. The van der Waals surface area contributed by atoms with E-state index in [1.54, 1.807) is 6.92 Å². The molecule has 0 aliphatic carbocycles. The summed E-state index contributed by atoms with van der Waals surface area (Å²) in [5, 5.41) is 5.24. The van der Waals surface area contributed by atoms with Crippen LogP contribution in [0.4, 0.5) is 0 Å². The van der Waals surface area contributed by atoms with Crippen molar-refractivity contribution in [2.75, 3.05) is 13.1 Å². The van der Waals surface area contributed by atoms with Gasteiger partial charge in [0, 0.05) is 19.9 Å². The van der Waals surface area contributed by atoms with Gasteiger partial charge in [-0.15, -0.1) is 0 Å². The first-order valence-corrected chi connectivity index (χ1v) is 4.87. The Bertz CT molecular complexity index is 141. The third-order valence-electron chi connectivity index (χ3n) is 2.42. The fourth-order valence-corrected chi connectivity index (χ4v) is 1.72. The summed E-state index contributed by atoms with van der Waals surface area (Å²) in [5.74, 6) is 0.0887. The van der Waals surface area contributed by atoms with Gasteiger partial charge in [0.05, 0.1) is 12.6 Å². The summed E-state index contributed by atoms with van der Waals surface area (Å²) in [6.07, 6.45) is 5.16. The minimum atomic E-state index is 0.0887. The normalized spacial score (nSPS) is 23.6. The van der Waals surface area contributed by atoms with Gasteiger partial charge in [-0.05, 0) is 19.3 Å². The van der Waals surface area contributed by atoms with Crippen molar-refractivity contribution in [3.63, 3.8) is 0 Å². The first-order chi connectivity index (χ1) is 5.79. The van der Waals surface area contributed by atoms with Crippen molar-refractivity contribution in [2.45, 2.75) is 38.6 Å². The Morgan fingerprint density at radius 1 is 1.58 bits per heavy atom. The van der Waals surface area contributed by atoms with Gasteiger partial charge >= 0.3 is 0 Å². The molecule has 1 saturated heterocycles. The van der Waals surface area contributed by atoms with Crippen molar-refractivity contribution in [3.8, 4) is 0 Å². The Morgan fingerprint density at radius 3 is 3.00 bits per heavy atom. The number of nitrogens with two attached hydrogens (primary N) is 1. The van der Waals surface area contributed by atoms with Crippen molar-refractivity contribution in [2.24, 2.45) is 0 Å². The summed E-state index contributed by atoms with van der Waals surface area (Å²) in [6, 6.07) is 0.755. The summed E-state index contributed by atoms with van der Waals surface area (Å²) in [6.45, 7) is 3.69. The second kappa shape index (κ2) is 5.14. The van der Waals surface area contributed by atoms with Crippen molar-refractivity contribution >= 4 is 5.91 Å². The highest BCUT2D eigenvalue weighted by Crippen LogP contribution is 2.03. The molecule has 3 heteroatoms. The van der Waals surface area contributed by atoms with Crippen LogP contribution in [0.15, 0.2) is 0 Å². The molecule has 3 nitrogen and oxygen atoms in total. The molecule has 70 valence electrons. The SMILES string of the molecule is CC(=O)NCC[C@@H]1CCCC[NH2+]1. The molecule has 1 fully saturated rings. The number of rotatable bonds is 3. The zero-order valence-corrected chi connectivity index (χ0v) is 7.81. The fourth-order valence-electron chi connectivity index (χ4n) is 1.72. The molecule has 0 aromatic rings. The molecule has 1 amide bonds. The van der Waals surface area contributed by atoms with Crippen LogP contribution in [0.5, 0.6) is 0 Å². The van der Waals surface area contributed by atoms with E-state index in [0.717, 1.165) is 19.0 Å². The molecular weight excluding hydrogens is 152 g/mol. The Balaban J connectivity index is 2.01. The molecule has 0 bridgehead atoms. The van der Waals surface area contributed by atoms with E-state index in [1.807, 2.05) is 0 Å². The van der Waals surface area contributed by atoms with Crippen LogP contribution >= 0.6 is 0 Å². The van der Waals surface area contributed by atoms with Gasteiger partial charge in [-0.25, -0.2) is 0 Å². The first kappa shape index (κ1) is 9.52. The quantitative estimate of drug-likeness (QED) is 0.598. The van der Waals surface area contributed by atoms with Gasteiger partial charge in [0.2, 0.25) is 5.91 Å². The fraction of sp³-hybridized carbons (Fsp3) is 0.889. The maximum atomic E-state index is 10.6. The van der Waals surface area contributed by atoms with Crippen LogP contribution < -0.4 is 10.6 Å². The lowest BCUT2D eigenvalue weighted by Gasteiger charge is -2.19. The molecular formula is C9H19N2O+. The van der Waals surface area contributed by atoms with Crippen LogP contribution in [0.2, 0.25) is 0 Å². The molecule has 1 aliphatic heterocycles. The maximum Gasteiger partial charge on any atom is 0.216 e. The zero-order valence-electron chi connectivity index (χ0n) is 7.81. The molecule has 0 spiro atoms. The van der Waals surface area contributed by atoms with E-state index in [2.05, 4.69) is 10.6 Å². The van der Waals surface area contributed by atoms with Crippen LogP contribution in [-0.2, 0) is 4.79 Å². The number of amides is 1. The smallest absolute Gasteiger partial charge is 0.216 e. The predicted octanol–water partition coefficient (Wildman–Crippen LogP) is -0.371. The highest BCUT2D eigenvalue weighted by Gasteiger charge is 2.15. The van der Waals surface area contributed by atoms with E-state index >= 15 is 0 Å². The van der Waals surface area contributed by atoms with Crippen LogP contribution in [0.3, 0.4) is 0 Å². The minimum Gasteiger partial charge on any atom is -0.356 e. The lowest BCUT2D eigenvalue weighted by Crippen LogP contribution is -2.91. The first-order valence-electron chi connectivity index (χ1n) is 4.87. The van der Waals surface area contributed by atoms with Crippen molar-refractivity contribution in [3.05, 3.63) is 0 Å². The Labute approximate surface area is 73.9 Å². The summed E-state index contributed by atoms with van der Waals surface area (Å²) in [4.78, 5) is 10.6. The summed E-state index contributed by atoms with van der Waals surface area (Å²) in [7, 11) is 0. The number of hydrogen-bond donors (Lipinski definition) is 2. The van der Waals surface area contributed by atoms with Crippen LogP contribution in [-0.4, -0.2) is 25.0 Å². The molecule has 0 radical (unpaired) electrons. The zero-order chi connectivity index (χ0) is 8.81. The second-order valence-corrected chi connectivity index (χ2v) is 3.55. The van der Waals surface area contributed by atoms with Crippen molar-refractivity contribution in [1.29, 1.82) is 0 Å². The third-order valence-corrected chi connectivity index (χ3v) is 2.42. The van der Waals surface area contributed by atoms with E-state index in [1.165, 1.54) is 25.8 Å². The minimum absolute atomic E-state index is 0.0887. The molecule has 0 aromatic carbocycles. The van der Waals surface area contributed by atoms with Crippen LogP contribution in [0.1, 0.15) is 32.6 Å². The van der Waals surface area contributed by atoms with Gasteiger partial charge < -0.3 is 10.6 Å². The van der Waals surface area contributed by atoms with E-state index in [9.17, 15) is 4.79 Å². The van der Waals surface area contributed by atoms with Crippen molar-refractivity contribution in [1.82, 2.24) is 5.32 Å². The second-order valence-electron chi connectivity index (χ2n) is 3.55. The Hall–Kier alpha value is -0.570. The molecule has 1 rings (SSSR count). The molecule has 1 atom stereocenters. The van der Waals surface area contributed by atoms with Crippen molar-refractivity contribution < 1.29 is 10.1 Å². The average Bonchev–Trinajstić information content (AvgIpc) is 2.05. The van der Waals surface area contributed by atoms with Gasteiger partial charge in [-0.3, -0.25) is 4.79 Å². The number of quaternary nitrogens is 1.